The molecule has 0 amide bonds. The topological polar surface area (TPSA) is 12.0 Å². The zero-order valence-corrected chi connectivity index (χ0v) is 16.5. The number of hydrogen-bond donors (Lipinski definition) is 1. The molecule has 134 valence electrons. The molecule has 1 fully saturated rings. The summed E-state index contributed by atoms with van der Waals surface area (Å²) in [6.45, 7) is 11.3. The van der Waals surface area contributed by atoms with E-state index in [2.05, 4.69) is 88.5 Å². The van der Waals surface area contributed by atoms with Gasteiger partial charge in [0, 0.05) is 17.5 Å². The molecule has 0 aromatic heterocycles. The highest BCUT2D eigenvalue weighted by atomic mass is 14.9. The Kier molecular flexibility index (Phi) is 5.34. The summed E-state index contributed by atoms with van der Waals surface area (Å²) >= 11 is 0. The highest BCUT2D eigenvalue weighted by Gasteiger charge is 2.41. The molecular formula is C24H33N. The van der Waals surface area contributed by atoms with Crippen molar-refractivity contribution >= 4 is 0 Å². The molecule has 2 aromatic rings. The molecule has 1 aliphatic rings. The molecule has 3 rings (SSSR count). The van der Waals surface area contributed by atoms with Gasteiger partial charge in [0.1, 0.15) is 0 Å². The molecule has 25 heavy (non-hydrogen) atoms. The Morgan fingerprint density at radius 2 is 1.36 bits per heavy atom. The van der Waals surface area contributed by atoms with Crippen molar-refractivity contribution < 1.29 is 0 Å². The summed E-state index contributed by atoms with van der Waals surface area (Å²) in [5, 5.41) is 3.79. The van der Waals surface area contributed by atoms with Crippen molar-refractivity contribution in [3.63, 3.8) is 0 Å². The smallest absolute Gasteiger partial charge is 0.0206 e. The van der Waals surface area contributed by atoms with Crippen molar-refractivity contribution in [1.29, 1.82) is 0 Å². The van der Waals surface area contributed by atoms with E-state index in [1.165, 1.54) is 41.5 Å². The lowest BCUT2D eigenvalue weighted by Crippen LogP contribution is -2.47. The van der Waals surface area contributed by atoms with E-state index in [4.69, 9.17) is 0 Å². The minimum atomic E-state index is 0.149. The van der Waals surface area contributed by atoms with Gasteiger partial charge < -0.3 is 5.32 Å². The highest BCUT2D eigenvalue weighted by Crippen LogP contribution is 2.47. The number of rotatable bonds is 4. The van der Waals surface area contributed by atoms with Crippen LogP contribution < -0.4 is 5.32 Å². The molecule has 1 saturated carbocycles. The fourth-order valence-corrected chi connectivity index (χ4v) is 4.59. The molecule has 0 spiro atoms. The van der Waals surface area contributed by atoms with Crippen LogP contribution in [0, 0.1) is 19.8 Å². The third-order valence-electron chi connectivity index (χ3n) is 6.00. The fourth-order valence-electron chi connectivity index (χ4n) is 4.59. The van der Waals surface area contributed by atoms with Crippen LogP contribution in [0.15, 0.2) is 48.5 Å². The molecule has 1 nitrogen and oxygen atoms in total. The second-order valence-corrected chi connectivity index (χ2v) is 8.46. The summed E-state index contributed by atoms with van der Waals surface area (Å²) in [4.78, 5) is 0. The summed E-state index contributed by atoms with van der Waals surface area (Å²) < 4.78 is 0. The maximum absolute atomic E-state index is 3.79. The second-order valence-electron chi connectivity index (χ2n) is 8.46. The Balaban J connectivity index is 1.99. The Hall–Kier alpha value is -1.60. The average molecular weight is 336 g/mol. The largest absolute Gasteiger partial charge is 0.312 e. The molecule has 0 heterocycles. The Bertz CT molecular complexity index is 636. The molecule has 1 heteroatoms. The molecule has 0 radical (unpaired) electrons. The van der Waals surface area contributed by atoms with Crippen LogP contribution in [-0.4, -0.2) is 12.1 Å². The lowest BCUT2D eigenvalue weighted by molar-refractivity contribution is 0.201. The zero-order valence-electron chi connectivity index (χ0n) is 16.5. The van der Waals surface area contributed by atoms with Crippen LogP contribution in [0.5, 0.6) is 0 Å². The van der Waals surface area contributed by atoms with Crippen LogP contribution in [-0.2, 0) is 5.41 Å². The van der Waals surface area contributed by atoms with Crippen molar-refractivity contribution in [3.8, 4) is 0 Å². The molecule has 0 aliphatic heterocycles. The van der Waals surface area contributed by atoms with Gasteiger partial charge in [-0.1, -0.05) is 80.4 Å². The normalized spacial score (nSPS) is 23.0. The van der Waals surface area contributed by atoms with Gasteiger partial charge in [0.2, 0.25) is 0 Å². The van der Waals surface area contributed by atoms with Gasteiger partial charge in [0.15, 0.2) is 0 Å². The van der Waals surface area contributed by atoms with E-state index in [9.17, 15) is 0 Å². The van der Waals surface area contributed by atoms with Crippen LogP contribution in [0.3, 0.4) is 0 Å². The molecule has 0 saturated heterocycles. The van der Waals surface area contributed by atoms with E-state index in [-0.39, 0.29) is 5.41 Å². The maximum Gasteiger partial charge on any atom is 0.0206 e. The summed E-state index contributed by atoms with van der Waals surface area (Å²) in [5.41, 5.74) is 5.79. The number of aryl methyl sites for hydroxylation is 2. The average Bonchev–Trinajstić information content (AvgIpc) is 2.58. The summed E-state index contributed by atoms with van der Waals surface area (Å²) in [5.74, 6) is 0.666. The molecular weight excluding hydrogens is 302 g/mol. The van der Waals surface area contributed by atoms with Gasteiger partial charge in [0.25, 0.3) is 0 Å². The number of nitrogens with one attached hydrogen (secondary N) is 1. The molecule has 2 aromatic carbocycles. The van der Waals surface area contributed by atoms with Gasteiger partial charge >= 0.3 is 0 Å². The first-order chi connectivity index (χ1) is 11.9. The van der Waals surface area contributed by atoms with Crippen molar-refractivity contribution in [1.82, 2.24) is 5.32 Å². The molecule has 1 N–H and O–H groups in total. The second kappa shape index (κ2) is 7.33. The van der Waals surface area contributed by atoms with E-state index in [0.29, 0.717) is 18.0 Å². The van der Waals surface area contributed by atoms with Crippen LogP contribution in [0.25, 0.3) is 0 Å². The van der Waals surface area contributed by atoms with Gasteiger partial charge in [-0.2, -0.15) is 0 Å². The van der Waals surface area contributed by atoms with Crippen molar-refractivity contribution in [2.45, 2.75) is 71.4 Å². The minimum absolute atomic E-state index is 0.149. The SMILES string of the molecule is Cc1ccc(C2(c3ccc(C)cc3)CCC(NC(C)C)C(C)C2)cc1. The maximum atomic E-state index is 3.79. The van der Waals surface area contributed by atoms with E-state index in [1.807, 2.05) is 0 Å². The lowest BCUT2D eigenvalue weighted by Gasteiger charge is -2.45. The van der Waals surface area contributed by atoms with Crippen LogP contribution >= 0.6 is 0 Å². The van der Waals surface area contributed by atoms with E-state index in [0.717, 1.165) is 0 Å². The van der Waals surface area contributed by atoms with Crippen LogP contribution in [0.1, 0.15) is 62.3 Å². The van der Waals surface area contributed by atoms with E-state index in [1.54, 1.807) is 0 Å². The first kappa shape index (κ1) is 18.2. The van der Waals surface area contributed by atoms with Gasteiger partial charge in [-0.05, 0) is 50.2 Å². The predicted octanol–water partition coefficient (Wildman–Crippen LogP) is 5.78. The van der Waals surface area contributed by atoms with E-state index < -0.39 is 0 Å². The van der Waals surface area contributed by atoms with E-state index >= 15 is 0 Å². The predicted molar refractivity (Wildman–Crippen MR) is 108 cm³/mol. The third-order valence-corrected chi connectivity index (χ3v) is 6.00. The number of benzene rings is 2. The Labute approximate surface area is 153 Å². The van der Waals surface area contributed by atoms with Crippen molar-refractivity contribution in [2.75, 3.05) is 0 Å². The van der Waals surface area contributed by atoms with Crippen LogP contribution in [0.2, 0.25) is 0 Å². The zero-order chi connectivity index (χ0) is 18.0. The molecule has 0 bridgehead atoms. The number of hydrogen-bond acceptors (Lipinski definition) is 1. The fraction of sp³-hybridized carbons (Fsp3) is 0.500. The van der Waals surface area contributed by atoms with Crippen molar-refractivity contribution in [2.24, 2.45) is 5.92 Å². The summed E-state index contributed by atoms with van der Waals surface area (Å²) in [7, 11) is 0. The van der Waals surface area contributed by atoms with Crippen molar-refractivity contribution in [3.05, 3.63) is 70.8 Å². The molecule has 2 atom stereocenters. The highest BCUT2D eigenvalue weighted by molar-refractivity contribution is 5.42. The van der Waals surface area contributed by atoms with Gasteiger partial charge in [0.05, 0.1) is 0 Å². The summed E-state index contributed by atoms with van der Waals surface area (Å²) in [6.07, 6.45) is 3.67. The monoisotopic (exact) mass is 335 g/mol. The van der Waals surface area contributed by atoms with Gasteiger partial charge in [-0.15, -0.1) is 0 Å². The first-order valence-electron chi connectivity index (χ1n) is 9.81. The Morgan fingerprint density at radius 1 is 0.880 bits per heavy atom. The van der Waals surface area contributed by atoms with Crippen LogP contribution in [0.4, 0.5) is 0 Å². The molecule has 1 aliphatic carbocycles. The van der Waals surface area contributed by atoms with Gasteiger partial charge in [-0.25, -0.2) is 0 Å². The minimum Gasteiger partial charge on any atom is -0.312 e. The lowest BCUT2D eigenvalue weighted by atomic mass is 9.61. The summed E-state index contributed by atoms with van der Waals surface area (Å²) in [6, 6.07) is 19.7. The first-order valence-corrected chi connectivity index (χ1v) is 9.81. The molecule has 2 unspecified atom stereocenters. The standard InChI is InChI=1S/C24H33N/c1-17(2)25-23-14-15-24(16-20(23)5,21-10-6-18(3)7-11-21)22-12-8-19(4)9-13-22/h6-13,17,20,23,25H,14-16H2,1-5H3. The van der Waals surface area contributed by atoms with Gasteiger partial charge in [-0.3, -0.25) is 0 Å². The Morgan fingerprint density at radius 3 is 1.76 bits per heavy atom. The quantitative estimate of drug-likeness (QED) is 0.747. The third kappa shape index (κ3) is 3.82.